The average Bonchev–Trinajstić information content (AvgIpc) is 3.41. The molecule has 3 heterocycles. The molecule has 0 unspecified atom stereocenters. The molecule has 1 aliphatic carbocycles. The summed E-state index contributed by atoms with van der Waals surface area (Å²) in [5.74, 6) is 0.839. The van der Waals surface area contributed by atoms with E-state index in [1.54, 1.807) is 0 Å². The van der Waals surface area contributed by atoms with Crippen LogP contribution in [0.25, 0.3) is 11.3 Å². The van der Waals surface area contributed by atoms with Crippen molar-refractivity contribution in [2.45, 2.75) is 44.7 Å². The van der Waals surface area contributed by atoms with Gasteiger partial charge >= 0.3 is 0 Å². The molecule has 3 aliphatic rings. The fourth-order valence-corrected chi connectivity index (χ4v) is 6.03. The predicted molar refractivity (Wildman–Crippen MR) is 107 cm³/mol. The second-order valence-corrected chi connectivity index (χ2v) is 8.85. The average molecular weight is 377 g/mol. The molecule has 5 nitrogen and oxygen atoms in total. The van der Waals surface area contributed by atoms with Crippen LogP contribution in [0.4, 0.5) is 0 Å². The van der Waals surface area contributed by atoms with Crippen LogP contribution in [0.3, 0.4) is 0 Å². The normalized spacial score (nSPS) is 26.4. The first-order valence-electron chi connectivity index (χ1n) is 10.5. The van der Waals surface area contributed by atoms with Crippen molar-refractivity contribution in [2.24, 2.45) is 18.4 Å². The Balaban J connectivity index is 1.42. The molecule has 0 amide bonds. The number of hydrogen-bond donors (Lipinski definition) is 0. The van der Waals surface area contributed by atoms with Crippen molar-refractivity contribution < 1.29 is 4.74 Å². The summed E-state index contributed by atoms with van der Waals surface area (Å²) in [4.78, 5) is 2.74. The number of benzene rings is 1. The number of likely N-dealkylation sites (tertiary alicyclic amines) is 1. The third-order valence-corrected chi connectivity index (χ3v) is 7.31. The molecule has 5 heteroatoms. The van der Waals surface area contributed by atoms with E-state index in [9.17, 15) is 0 Å². The maximum atomic E-state index is 9.07. The molecule has 2 atom stereocenters. The van der Waals surface area contributed by atoms with Gasteiger partial charge in [0.2, 0.25) is 0 Å². The molecule has 1 aromatic carbocycles. The monoisotopic (exact) mass is 376 g/mol. The van der Waals surface area contributed by atoms with Gasteiger partial charge in [0.1, 0.15) is 0 Å². The van der Waals surface area contributed by atoms with E-state index >= 15 is 0 Å². The highest BCUT2D eigenvalue weighted by atomic mass is 16.5. The molecule has 0 N–H and O–H groups in total. The predicted octanol–water partition coefficient (Wildman–Crippen LogP) is 3.74. The molecule has 3 fully saturated rings. The zero-order valence-electron chi connectivity index (χ0n) is 16.6. The summed E-state index contributed by atoms with van der Waals surface area (Å²) in [6.45, 7) is 4.03. The summed E-state index contributed by atoms with van der Waals surface area (Å²) in [5, 5.41) is 13.8. The molecule has 1 spiro atoms. The molecule has 5 rings (SSSR count). The summed E-state index contributed by atoms with van der Waals surface area (Å²) in [6, 6.07) is 10.7. The standard InChI is InChI=1S/C23H28N4O/c1-26-14-19(22(25-26)18-7-5-17(13-24)6-8-18)15-27-16-23(9-11-28-12-10-23)20-3-2-4-21(20)27/h5-8,14,20-21H,2-4,9-12,15-16H2,1H3/t20-,21+/m1/s1. The lowest BCUT2D eigenvalue weighted by atomic mass is 9.71. The Morgan fingerprint density at radius 1 is 1.21 bits per heavy atom. The Morgan fingerprint density at radius 3 is 2.75 bits per heavy atom. The highest BCUT2D eigenvalue weighted by Crippen LogP contribution is 2.54. The van der Waals surface area contributed by atoms with Gasteiger partial charge in [-0.15, -0.1) is 0 Å². The zero-order chi connectivity index (χ0) is 19.1. The van der Waals surface area contributed by atoms with Crippen molar-refractivity contribution in [3.05, 3.63) is 41.6 Å². The van der Waals surface area contributed by atoms with Crippen molar-refractivity contribution in [1.82, 2.24) is 14.7 Å². The van der Waals surface area contributed by atoms with Crippen LogP contribution in [0.15, 0.2) is 30.5 Å². The summed E-state index contributed by atoms with van der Waals surface area (Å²) < 4.78 is 7.63. The SMILES string of the molecule is Cn1cc(CN2CC3(CCOCC3)[C@@H]3CCC[C@@H]32)c(-c2ccc(C#N)cc2)n1. The third kappa shape index (κ3) is 2.96. The second-order valence-electron chi connectivity index (χ2n) is 8.85. The van der Waals surface area contributed by atoms with E-state index < -0.39 is 0 Å². The van der Waals surface area contributed by atoms with Gasteiger partial charge in [-0.3, -0.25) is 9.58 Å². The van der Waals surface area contributed by atoms with Crippen LogP contribution in [0.2, 0.25) is 0 Å². The molecule has 2 aliphatic heterocycles. The lowest BCUT2D eigenvalue weighted by Gasteiger charge is -2.37. The maximum absolute atomic E-state index is 9.07. The van der Waals surface area contributed by atoms with Gasteiger partial charge in [-0.1, -0.05) is 18.6 Å². The first-order valence-corrected chi connectivity index (χ1v) is 10.5. The van der Waals surface area contributed by atoms with E-state index in [0.717, 1.165) is 36.9 Å². The Kier molecular flexibility index (Phi) is 4.49. The van der Waals surface area contributed by atoms with Crippen LogP contribution >= 0.6 is 0 Å². The van der Waals surface area contributed by atoms with Gasteiger partial charge in [-0.2, -0.15) is 10.4 Å². The van der Waals surface area contributed by atoms with E-state index in [1.165, 1.54) is 44.2 Å². The smallest absolute Gasteiger partial charge is 0.0991 e. The van der Waals surface area contributed by atoms with Crippen molar-refractivity contribution in [2.75, 3.05) is 19.8 Å². The highest BCUT2D eigenvalue weighted by molar-refractivity contribution is 5.63. The lowest BCUT2D eigenvalue weighted by Crippen LogP contribution is -2.36. The molecule has 2 aromatic rings. The van der Waals surface area contributed by atoms with Gasteiger partial charge in [0, 0.05) is 56.7 Å². The van der Waals surface area contributed by atoms with Crippen molar-refractivity contribution in [3.8, 4) is 17.3 Å². The second kappa shape index (κ2) is 7.02. The Bertz CT molecular complexity index is 888. The Labute approximate surface area is 166 Å². The number of aromatic nitrogens is 2. The van der Waals surface area contributed by atoms with Crippen LogP contribution in [-0.4, -0.2) is 40.5 Å². The number of nitriles is 1. The van der Waals surface area contributed by atoms with E-state index in [-0.39, 0.29) is 0 Å². The quantitative estimate of drug-likeness (QED) is 0.819. The molecule has 1 aromatic heterocycles. The van der Waals surface area contributed by atoms with Crippen LogP contribution in [-0.2, 0) is 18.3 Å². The van der Waals surface area contributed by atoms with Crippen LogP contribution in [0.1, 0.15) is 43.2 Å². The zero-order valence-corrected chi connectivity index (χ0v) is 16.6. The molecule has 0 radical (unpaired) electrons. The molecular weight excluding hydrogens is 348 g/mol. The molecule has 0 bridgehead atoms. The van der Waals surface area contributed by atoms with Crippen molar-refractivity contribution in [3.63, 3.8) is 0 Å². The molecule has 146 valence electrons. The fraction of sp³-hybridized carbons (Fsp3) is 0.565. The minimum atomic E-state index is 0.468. The fourth-order valence-electron chi connectivity index (χ4n) is 6.03. The first kappa shape index (κ1) is 17.9. The summed E-state index contributed by atoms with van der Waals surface area (Å²) in [6.07, 6.45) is 8.70. The minimum Gasteiger partial charge on any atom is -0.381 e. The van der Waals surface area contributed by atoms with E-state index in [0.29, 0.717) is 17.0 Å². The Morgan fingerprint density at radius 2 is 2.00 bits per heavy atom. The van der Waals surface area contributed by atoms with Gasteiger partial charge in [-0.25, -0.2) is 0 Å². The summed E-state index contributed by atoms with van der Waals surface area (Å²) in [5.41, 5.74) is 4.60. The van der Waals surface area contributed by atoms with Crippen LogP contribution in [0, 0.1) is 22.7 Å². The molecule has 1 saturated carbocycles. The molecular formula is C23H28N4O. The summed E-state index contributed by atoms with van der Waals surface area (Å²) in [7, 11) is 2.00. The van der Waals surface area contributed by atoms with Gasteiger partial charge in [0.15, 0.2) is 0 Å². The number of ether oxygens (including phenoxy) is 1. The number of rotatable bonds is 3. The number of nitrogens with zero attached hydrogens (tertiary/aromatic N) is 4. The largest absolute Gasteiger partial charge is 0.381 e. The van der Waals surface area contributed by atoms with Crippen LogP contribution in [0.5, 0.6) is 0 Å². The van der Waals surface area contributed by atoms with Gasteiger partial charge in [0.05, 0.1) is 17.3 Å². The minimum absolute atomic E-state index is 0.468. The topological polar surface area (TPSA) is 54.1 Å². The lowest BCUT2D eigenvalue weighted by molar-refractivity contribution is -0.00133. The molecule has 2 saturated heterocycles. The number of fused-ring (bicyclic) bond motifs is 2. The van der Waals surface area contributed by atoms with Gasteiger partial charge in [0.25, 0.3) is 0 Å². The first-order chi connectivity index (χ1) is 13.7. The van der Waals surface area contributed by atoms with E-state index in [2.05, 4.69) is 17.2 Å². The molecule has 28 heavy (non-hydrogen) atoms. The van der Waals surface area contributed by atoms with Gasteiger partial charge < -0.3 is 4.74 Å². The number of hydrogen-bond acceptors (Lipinski definition) is 4. The Hall–Kier alpha value is -2.16. The maximum Gasteiger partial charge on any atom is 0.0991 e. The van der Waals surface area contributed by atoms with E-state index in [1.807, 2.05) is 36.0 Å². The summed E-state index contributed by atoms with van der Waals surface area (Å²) >= 11 is 0. The van der Waals surface area contributed by atoms with Crippen molar-refractivity contribution >= 4 is 0 Å². The van der Waals surface area contributed by atoms with E-state index in [4.69, 9.17) is 15.1 Å². The third-order valence-electron chi connectivity index (χ3n) is 7.31. The van der Waals surface area contributed by atoms with Crippen molar-refractivity contribution in [1.29, 1.82) is 5.26 Å². The number of aryl methyl sites for hydroxylation is 1. The van der Waals surface area contributed by atoms with Gasteiger partial charge in [-0.05, 0) is 49.1 Å². The van der Waals surface area contributed by atoms with Crippen LogP contribution < -0.4 is 0 Å². The highest BCUT2D eigenvalue weighted by Gasteiger charge is 2.54.